The number of aromatic amines is 1. The van der Waals surface area contributed by atoms with E-state index in [1.807, 2.05) is 19.3 Å². The van der Waals surface area contributed by atoms with Gasteiger partial charge in [0.15, 0.2) is 0 Å². The number of anilines is 2. The molecule has 102 valence electrons. The van der Waals surface area contributed by atoms with Gasteiger partial charge in [-0.1, -0.05) is 0 Å². The van der Waals surface area contributed by atoms with Crippen LogP contribution < -0.4 is 10.2 Å². The minimum atomic E-state index is 0.759. The Morgan fingerprint density at radius 2 is 2.00 bits per heavy atom. The molecule has 2 aromatic heterocycles. The molecule has 0 amide bonds. The van der Waals surface area contributed by atoms with Crippen LogP contribution in [0.25, 0.3) is 0 Å². The summed E-state index contributed by atoms with van der Waals surface area (Å²) in [7, 11) is 0. The Balaban J connectivity index is 1.97. The maximum atomic E-state index is 4.48. The zero-order valence-corrected chi connectivity index (χ0v) is 11.8. The molecular weight excluding hydrogens is 238 g/mol. The van der Waals surface area contributed by atoms with E-state index in [0.717, 1.165) is 36.8 Å². The minimum absolute atomic E-state index is 0.759. The van der Waals surface area contributed by atoms with Crippen molar-refractivity contribution in [1.82, 2.24) is 15.2 Å². The van der Waals surface area contributed by atoms with Gasteiger partial charge in [0.05, 0.1) is 18.1 Å². The van der Waals surface area contributed by atoms with Crippen LogP contribution in [0.5, 0.6) is 0 Å². The Morgan fingerprint density at radius 3 is 2.53 bits per heavy atom. The number of rotatable bonds is 6. The smallest absolute Gasteiger partial charge is 0.128 e. The fourth-order valence-electron chi connectivity index (χ4n) is 1.98. The first-order valence-electron chi connectivity index (χ1n) is 6.68. The van der Waals surface area contributed by atoms with Gasteiger partial charge in [0.1, 0.15) is 5.82 Å². The number of hydrogen-bond donors (Lipinski definition) is 2. The van der Waals surface area contributed by atoms with Crippen LogP contribution in [0.4, 0.5) is 11.5 Å². The number of hydrogen-bond acceptors (Lipinski definition) is 4. The van der Waals surface area contributed by atoms with Gasteiger partial charge in [0.25, 0.3) is 0 Å². The lowest BCUT2D eigenvalue weighted by Gasteiger charge is -2.19. The third-order valence-electron chi connectivity index (χ3n) is 3.25. The summed E-state index contributed by atoms with van der Waals surface area (Å²) >= 11 is 0. The lowest BCUT2D eigenvalue weighted by molar-refractivity contribution is 0.846. The van der Waals surface area contributed by atoms with Crippen molar-refractivity contribution in [2.45, 2.75) is 27.3 Å². The summed E-state index contributed by atoms with van der Waals surface area (Å²) in [4.78, 5) is 6.71. The molecule has 5 nitrogen and oxygen atoms in total. The SMILES string of the molecule is CCN(CC)c1ccc(NCc2cn[nH]c2C)cn1. The number of nitrogens with one attached hydrogen (secondary N) is 2. The molecule has 0 fully saturated rings. The van der Waals surface area contributed by atoms with Gasteiger partial charge in [-0.05, 0) is 32.9 Å². The zero-order valence-electron chi connectivity index (χ0n) is 11.8. The van der Waals surface area contributed by atoms with Crippen molar-refractivity contribution in [3.8, 4) is 0 Å². The fourth-order valence-corrected chi connectivity index (χ4v) is 1.98. The van der Waals surface area contributed by atoms with Crippen molar-refractivity contribution in [3.05, 3.63) is 35.8 Å². The van der Waals surface area contributed by atoms with E-state index in [0.29, 0.717) is 0 Å². The monoisotopic (exact) mass is 259 g/mol. The quantitative estimate of drug-likeness (QED) is 0.837. The van der Waals surface area contributed by atoms with Crippen LogP contribution in [0.3, 0.4) is 0 Å². The van der Waals surface area contributed by atoms with Gasteiger partial charge < -0.3 is 10.2 Å². The van der Waals surface area contributed by atoms with E-state index in [-0.39, 0.29) is 0 Å². The summed E-state index contributed by atoms with van der Waals surface area (Å²) in [6.45, 7) is 9.01. The van der Waals surface area contributed by atoms with Crippen LogP contribution in [0.2, 0.25) is 0 Å². The molecule has 0 radical (unpaired) electrons. The largest absolute Gasteiger partial charge is 0.380 e. The third kappa shape index (κ3) is 3.24. The molecule has 0 aliphatic rings. The first-order chi connectivity index (χ1) is 9.24. The van der Waals surface area contributed by atoms with Crippen LogP contribution in [0, 0.1) is 6.92 Å². The molecule has 19 heavy (non-hydrogen) atoms. The molecular formula is C14H21N5. The van der Waals surface area contributed by atoms with Crippen LogP contribution in [-0.4, -0.2) is 28.3 Å². The zero-order chi connectivity index (χ0) is 13.7. The molecule has 2 aromatic rings. The Labute approximate surface area is 114 Å². The highest BCUT2D eigenvalue weighted by molar-refractivity contribution is 5.48. The summed E-state index contributed by atoms with van der Waals surface area (Å²) in [5.74, 6) is 1.02. The number of pyridine rings is 1. The summed E-state index contributed by atoms with van der Waals surface area (Å²) < 4.78 is 0. The van der Waals surface area contributed by atoms with E-state index >= 15 is 0 Å². The lowest BCUT2D eigenvalue weighted by atomic mass is 10.2. The molecule has 0 aliphatic heterocycles. The second-order valence-corrected chi connectivity index (χ2v) is 4.45. The van der Waals surface area contributed by atoms with Crippen molar-refractivity contribution >= 4 is 11.5 Å². The lowest BCUT2D eigenvalue weighted by Crippen LogP contribution is -2.22. The third-order valence-corrected chi connectivity index (χ3v) is 3.25. The second-order valence-electron chi connectivity index (χ2n) is 4.45. The summed E-state index contributed by atoms with van der Waals surface area (Å²) in [5.41, 5.74) is 3.30. The van der Waals surface area contributed by atoms with E-state index in [9.17, 15) is 0 Å². The summed E-state index contributed by atoms with van der Waals surface area (Å²) in [6.07, 6.45) is 3.73. The molecule has 0 spiro atoms. The van der Waals surface area contributed by atoms with Gasteiger partial charge in [-0.25, -0.2) is 4.98 Å². The van der Waals surface area contributed by atoms with Gasteiger partial charge in [0, 0.05) is 30.9 Å². The van der Waals surface area contributed by atoms with E-state index in [1.54, 1.807) is 0 Å². The highest BCUT2D eigenvalue weighted by Gasteiger charge is 2.03. The van der Waals surface area contributed by atoms with Gasteiger partial charge in [-0.2, -0.15) is 5.10 Å². The molecule has 5 heteroatoms. The molecule has 0 bridgehead atoms. The second kappa shape index (κ2) is 6.22. The fraction of sp³-hybridized carbons (Fsp3) is 0.429. The maximum Gasteiger partial charge on any atom is 0.128 e. The highest BCUT2D eigenvalue weighted by Crippen LogP contribution is 2.15. The molecule has 0 saturated carbocycles. The predicted octanol–water partition coefficient (Wildman–Crippen LogP) is 2.57. The van der Waals surface area contributed by atoms with Crippen LogP contribution in [0.15, 0.2) is 24.5 Å². The van der Waals surface area contributed by atoms with E-state index in [1.165, 1.54) is 5.56 Å². The maximum absolute atomic E-state index is 4.48. The number of H-pyrrole nitrogens is 1. The van der Waals surface area contributed by atoms with Crippen molar-refractivity contribution < 1.29 is 0 Å². The van der Waals surface area contributed by atoms with Crippen LogP contribution >= 0.6 is 0 Å². The Hall–Kier alpha value is -2.04. The topological polar surface area (TPSA) is 56.8 Å². The molecule has 0 saturated heterocycles. The summed E-state index contributed by atoms with van der Waals surface area (Å²) in [5, 5.41) is 10.3. The van der Waals surface area contributed by atoms with Crippen molar-refractivity contribution in [3.63, 3.8) is 0 Å². The van der Waals surface area contributed by atoms with Gasteiger partial charge in [0.2, 0.25) is 0 Å². The molecule has 0 aliphatic carbocycles. The minimum Gasteiger partial charge on any atom is -0.380 e. The number of nitrogens with zero attached hydrogens (tertiary/aromatic N) is 3. The van der Waals surface area contributed by atoms with E-state index in [2.05, 4.69) is 51.4 Å². The van der Waals surface area contributed by atoms with E-state index in [4.69, 9.17) is 0 Å². The van der Waals surface area contributed by atoms with Gasteiger partial charge in [-0.15, -0.1) is 0 Å². The molecule has 2 N–H and O–H groups in total. The molecule has 2 heterocycles. The molecule has 0 aromatic carbocycles. The standard InChI is InChI=1S/C14H21N5/c1-4-19(5-2)14-7-6-13(10-16-14)15-8-12-9-17-18-11(12)3/h6-7,9-10,15H,4-5,8H2,1-3H3,(H,17,18). The first-order valence-corrected chi connectivity index (χ1v) is 6.68. The Morgan fingerprint density at radius 1 is 1.21 bits per heavy atom. The first kappa shape index (κ1) is 13.4. The van der Waals surface area contributed by atoms with Gasteiger partial charge in [-0.3, -0.25) is 5.10 Å². The average molecular weight is 259 g/mol. The van der Waals surface area contributed by atoms with Crippen LogP contribution in [0.1, 0.15) is 25.1 Å². The number of aryl methyl sites for hydroxylation is 1. The van der Waals surface area contributed by atoms with Crippen molar-refractivity contribution in [2.24, 2.45) is 0 Å². The van der Waals surface area contributed by atoms with Crippen molar-refractivity contribution in [1.29, 1.82) is 0 Å². The molecule has 2 rings (SSSR count). The van der Waals surface area contributed by atoms with Gasteiger partial charge >= 0.3 is 0 Å². The highest BCUT2D eigenvalue weighted by atomic mass is 15.2. The molecule has 0 unspecified atom stereocenters. The predicted molar refractivity (Wildman–Crippen MR) is 78.4 cm³/mol. The molecule has 0 atom stereocenters. The Bertz CT molecular complexity index is 499. The van der Waals surface area contributed by atoms with Crippen molar-refractivity contribution in [2.75, 3.05) is 23.3 Å². The Kier molecular flexibility index (Phi) is 4.39. The van der Waals surface area contributed by atoms with Crippen LogP contribution in [-0.2, 0) is 6.54 Å². The normalized spacial score (nSPS) is 10.5. The number of aromatic nitrogens is 3. The van der Waals surface area contributed by atoms with E-state index < -0.39 is 0 Å². The average Bonchev–Trinajstić information content (AvgIpc) is 2.85. The summed E-state index contributed by atoms with van der Waals surface area (Å²) in [6, 6.07) is 4.12.